The first-order valence-corrected chi connectivity index (χ1v) is 1.59. The number of nitrogens with one attached hydrogen (secondary N) is 1. The maximum Gasteiger partial charge on any atom is 0.146 e. The van der Waals surface area contributed by atoms with Gasteiger partial charge in [-0.1, -0.05) is 0 Å². The number of carbonyl (C=O) groups excluding carboxylic acids is 1. The van der Waals surface area contributed by atoms with Gasteiger partial charge in [-0.2, -0.15) is 0 Å². The van der Waals surface area contributed by atoms with Crippen LogP contribution >= 0.6 is 0 Å². The van der Waals surface area contributed by atoms with Crippen molar-refractivity contribution in [3.05, 3.63) is 5.90 Å². The molecule has 0 bridgehead atoms. The van der Waals surface area contributed by atoms with Gasteiger partial charge in [-0.15, -0.1) is 0 Å². The standard InChI is InChI=1S/C3H6NO2.Y/c1-3(2-5)6-4;/h2-4H,1H3;/q-1;. The minimum absolute atomic E-state index is 0. The van der Waals surface area contributed by atoms with E-state index < -0.39 is 6.10 Å². The van der Waals surface area contributed by atoms with Crippen molar-refractivity contribution in [1.82, 2.24) is 0 Å². The van der Waals surface area contributed by atoms with Gasteiger partial charge in [-0.3, -0.25) is 0 Å². The van der Waals surface area contributed by atoms with Gasteiger partial charge in [-0.25, -0.2) is 0 Å². The average Bonchev–Trinajstić information content (AvgIpc) is 1.65. The zero-order valence-electron chi connectivity index (χ0n) is 4.05. The SMILES string of the molecule is CC(C=O)O[NH-].[Y]. The second-order valence-corrected chi connectivity index (χ2v) is 0.959. The van der Waals surface area contributed by atoms with Crippen LogP contribution in [-0.2, 0) is 42.3 Å². The average molecular weight is 177 g/mol. The second-order valence-electron chi connectivity index (χ2n) is 0.959. The van der Waals surface area contributed by atoms with E-state index in [1.807, 2.05) is 0 Å². The zero-order valence-corrected chi connectivity index (χ0v) is 6.89. The fourth-order valence-corrected chi connectivity index (χ4v) is 0.0278. The number of aldehydes is 1. The maximum absolute atomic E-state index is 9.49. The fourth-order valence-electron chi connectivity index (χ4n) is 0.0278. The fraction of sp³-hybridized carbons (Fsp3) is 0.667. The van der Waals surface area contributed by atoms with E-state index in [1.165, 1.54) is 6.92 Å². The van der Waals surface area contributed by atoms with Gasteiger partial charge in [0.2, 0.25) is 0 Å². The van der Waals surface area contributed by atoms with Crippen molar-refractivity contribution in [3.8, 4) is 0 Å². The van der Waals surface area contributed by atoms with Gasteiger partial charge in [0, 0.05) is 32.7 Å². The minimum atomic E-state index is -0.579. The smallest absolute Gasteiger partial charge is 0.146 e. The van der Waals surface area contributed by atoms with Gasteiger partial charge in [0.1, 0.15) is 6.29 Å². The number of hydrogen-bond acceptors (Lipinski definition) is 2. The Bertz CT molecular complexity index is 50.2. The van der Waals surface area contributed by atoms with E-state index in [0.29, 0.717) is 6.29 Å². The molecule has 0 saturated heterocycles. The Hall–Kier alpha value is 0.694. The quantitative estimate of drug-likeness (QED) is 0.456. The normalized spacial score (nSPS) is 11.7. The van der Waals surface area contributed by atoms with Crippen LogP contribution in [0.5, 0.6) is 0 Å². The van der Waals surface area contributed by atoms with Crippen molar-refractivity contribution in [2.24, 2.45) is 0 Å². The number of carbonyl (C=O) groups is 1. The van der Waals surface area contributed by atoms with E-state index in [-0.39, 0.29) is 32.7 Å². The van der Waals surface area contributed by atoms with Crippen LogP contribution in [0.15, 0.2) is 0 Å². The summed E-state index contributed by atoms with van der Waals surface area (Å²) < 4.78 is 0. The van der Waals surface area contributed by atoms with Gasteiger partial charge >= 0.3 is 0 Å². The topological polar surface area (TPSA) is 50.1 Å². The van der Waals surface area contributed by atoms with Crippen molar-refractivity contribution in [1.29, 1.82) is 0 Å². The summed E-state index contributed by atoms with van der Waals surface area (Å²) in [5, 5.41) is 0. The molecule has 39 valence electrons. The van der Waals surface area contributed by atoms with E-state index in [2.05, 4.69) is 4.84 Å². The van der Waals surface area contributed by atoms with Gasteiger partial charge in [-0.05, 0) is 6.92 Å². The molecule has 0 spiro atoms. The molecule has 0 aliphatic rings. The molecule has 0 aliphatic heterocycles. The first-order chi connectivity index (χ1) is 2.81. The third-order valence-corrected chi connectivity index (χ3v) is 0.378. The predicted molar refractivity (Wildman–Crippen MR) is 20.9 cm³/mol. The first-order valence-electron chi connectivity index (χ1n) is 1.59. The van der Waals surface area contributed by atoms with Crippen molar-refractivity contribution in [3.63, 3.8) is 0 Å². The van der Waals surface area contributed by atoms with Crippen LogP contribution in [-0.4, -0.2) is 12.4 Å². The molecule has 0 heterocycles. The summed E-state index contributed by atoms with van der Waals surface area (Å²) in [7, 11) is 0. The number of rotatable bonds is 2. The molecule has 1 unspecified atom stereocenters. The van der Waals surface area contributed by atoms with Gasteiger partial charge in [0.05, 0.1) is 6.10 Å². The maximum atomic E-state index is 9.49. The summed E-state index contributed by atoms with van der Waals surface area (Å²) in [5.74, 6) is 6.08. The van der Waals surface area contributed by atoms with Crippen LogP contribution in [0.3, 0.4) is 0 Å². The van der Waals surface area contributed by atoms with Gasteiger partial charge in [0.25, 0.3) is 0 Å². The Morgan fingerprint density at radius 2 is 2.29 bits per heavy atom. The Kier molecular flexibility index (Phi) is 10.2. The molecule has 7 heavy (non-hydrogen) atoms. The van der Waals surface area contributed by atoms with E-state index in [0.717, 1.165) is 0 Å². The predicted octanol–water partition coefficient (Wildman–Crippen LogP) is 0.555. The van der Waals surface area contributed by atoms with Crippen LogP contribution in [0.2, 0.25) is 0 Å². The zero-order chi connectivity index (χ0) is 4.99. The second kappa shape index (κ2) is 6.69. The minimum Gasteiger partial charge on any atom is -0.549 e. The van der Waals surface area contributed by atoms with Crippen molar-refractivity contribution >= 4 is 6.29 Å². The molecule has 0 aromatic carbocycles. The van der Waals surface area contributed by atoms with Crippen molar-refractivity contribution in [2.45, 2.75) is 13.0 Å². The van der Waals surface area contributed by atoms with E-state index in [9.17, 15) is 4.79 Å². The Morgan fingerprint density at radius 3 is 2.29 bits per heavy atom. The third kappa shape index (κ3) is 6.69. The summed E-state index contributed by atoms with van der Waals surface area (Å²) >= 11 is 0. The molecule has 0 saturated carbocycles. The molecule has 0 aromatic rings. The summed E-state index contributed by atoms with van der Waals surface area (Å²) in [5.41, 5.74) is 0. The van der Waals surface area contributed by atoms with Crippen molar-refractivity contribution < 1.29 is 42.3 Å². The van der Waals surface area contributed by atoms with E-state index >= 15 is 0 Å². The van der Waals surface area contributed by atoms with E-state index in [1.54, 1.807) is 0 Å². The molecule has 1 atom stereocenters. The summed E-state index contributed by atoms with van der Waals surface area (Å²) in [4.78, 5) is 13.3. The molecule has 0 fully saturated rings. The van der Waals surface area contributed by atoms with Crippen LogP contribution < -0.4 is 0 Å². The Balaban J connectivity index is 0. The van der Waals surface area contributed by atoms with Crippen LogP contribution in [0.4, 0.5) is 0 Å². The molecule has 1 N–H and O–H groups in total. The Labute approximate surface area is 67.4 Å². The summed E-state index contributed by atoms with van der Waals surface area (Å²) in [6, 6.07) is 0. The molecule has 0 aromatic heterocycles. The first kappa shape index (κ1) is 10.6. The molecule has 0 rings (SSSR count). The molecular formula is C3H6NO2Y-. The number of hydrogen-bond donors (Lipinski definition) is 0. The van der Waals surface area contributed by atoms with Crippen LogP contribution in [0.25, 0.3) is 5.90 Å². The van der Waals surface area contributed by atoms with Gasteiger partial charge in [0.15, 0.2) is 0 Å². The van der Waals surface area contributed by atoms with Gasteiger partial charge < -0.3 is 15.5 Å². The van der Waals surface area contributed by atoms with E-state index in [4.69, 9.17) is 5.90 Å². The monoisotopic (exact) mass is 177 g/mol. The summed E-state index contributed by atoms with van der Waals surface area (Å²) in [6.07, 6.45) is -0.0162. The largest absolute Gasteiger partial charge is 0.549 e. The molecule has 0 aliphatic carbocycles. The van der Waals surface area contributed by atoms with Crippen molar-refractivity contribution in [2.75, 3.05) is 0 Å². The molecule has 3 nitrogen and oxygen atoms in total. The molecular weight excluding hydrogens is 171 g/mol. The molecule has 4 heteroatoms. The molecule has 1 radical (unpaired) electrons. The summed E-state index contributed by atoms with van der Waals surface area (Å²) in [6.45, 7) is 1.50. The van der Waals surface area contributed by atoms with Crippen LogP contribution in [0.1, 0.15) is 6.92 Å². The third-order valence-electron chi connectivity index (χ3n) is 0.378. The molecule has 0 amide bonds. The Morgan fingerprint density at radius 1 is 1.86 bits per heavy atom. The van der Waals surface area contributed by atoms with Crippen LogP contribution in [0, 0.1) is 0 Å².